The molecule has 1 aromatic rings. The van der Waals surface area contributed by atoms with E-state index < -0.39 is 0 Å². The van der Waals surface area contributed by atoms with Gasteiger partial charge in [-0.2, -0.15) is 4.37 Å². The molecule has 1 nitrogen and oxygen atoms in total. The van der Waals surface area contributed by atoms with E-state index in [2.05, 4.69) is 29.7 Å². The third-order valence-electron chi connectivity index (χ3n) is 2.27. The molecule has 1 heterocycles. The van der Waals surface area contributed by atoms with Crippen molar-refractivity contribution >= 4 is 11.5 Å². The van der Waals surface area contributed by atoms with Crippen LogP contribution in [0.5, 0.6) is 0 Å². The maximum atomic E-state index is 4.38. The second-order valence-electron chi connectivity index (χ2n) is 3.17. The van der Waals surface area contributed by atoms with Crippen LogP contribution in [0, 0.1) is 0 Å². The van der Waals surface area contributed by atoms with Crippen molar-refractivity contribution in [3.63, 3.8) is 0 Å². The zero-order chi connectivity index (χ0) is 8.81. The predicted octanol–water partition coefficient (Wildman–Crippen LogP) is 3.83. The van der Waals surface area contributed by atoms with E-state index in [1.807, 2.05) is 0 Å². The Labute approximate surface area is 79.0 Å². The van der Waals surface area contributed by atoms with Gasteiger partial charge in [0.05, 0.1) is 5.69 Å². The van der Waals surface area contributed by atoms with E-state index in [9.17, 15) is 0 Å². The van der Waals surface area contributed by atoms with Gasteiger partial charge < -0.3 is 0 Å². The number of rotatable bonds is 5. The first-order valence-electron chi connectivity index (χ1n) is 4.78. The molecule has 0 aliphatic rings. The second kappa shape index (κ2) is 5.31. The molecule has 0 N–H and O–H groups in total. The van der Waals surface area contributed by atoms with Gasteiger partial charge in [0, 0.05) is 11.3 Å². The number of unbranched alkanes of at least 4 members (excludes halogenated alkanes) is 1. The molecule has 2 heteroatoms. The van der Waals surface area contributed by atoms with Gasteiger partial charge in [-0.05, 0) is 30.4 Å². The fraction of sp³-hybridized carbons (Fsp3) is 0.700. The first-order chi connectivity index (χ1) is 5.88. The highest BCUT2D eigenvalue weighted by atomic mass is 32.1. The fourth-order valence-corrected chi connectivity index (χ4v) is 2.04. The molecule has 0 radical (unpaired) electrons. The van der Waals surface area contributed by atoms with Gasteiger partial charge in [-0.15, -0.1) is 0 Å². The van der Waals surface area contributed by atoms with Crippen LogP contribution in [0.4, 0.5) is 0 Å². The molecule has 0 fully saturated rings. The Morgan fingerprint density at radius 2 is 2.33 bits per heavy atom. The van der Waals surface area contributed by atoms with Crippen LogP contribution < -0.4 is 0 Å². The van der Waals surface area contributed by atoms with E-state index in [1.54, 1.807) is 11.5 Å². The van der Waals surface area contributed by atoms with Gasteiger partial charge in [0.1, 0.15) is 0 Å². The Kier molecular flexibility index (Phi) is 4.30. The van der Waals surface area contributed by atoms with Gasteiger partial charge >= 0.3 is 0 Å². The van der Waals surface area contributed by atoms with E-state index in [0.717, 1.165) is 0 Å². The van der Waals surface area contributed by atoms with Crippen LogP contribution in [0.1, 0.15) is 51.1 Å². The Balaban J connectivity index is 2.45. The number of hydrogen-bond donors (Lipinski definition) is 0. The maximum Gasteiger partial charge on any atom is 0.0572 e. The van der Waals surface area contributed by atoms with Crippen LogP contribution in [0.2, 0.25) is 0 Å². The van der Waals surface area contributed by atoms with Crippen molar-refractivity contribution in [2.75, 3.05) is 0 Å². The highest BCUT2D eigenvalue weighted by Gasteiger charge is 2.09. The molecule has 0 spiro atoms. The first kappa shape index (κ1) is 9.72. The SMILES string of the molecule is CCCCC(CC)c1ccsn1. The highest BCUT2D eigenvalue weighted by molar-refractivity contribution is 7.03. The van der Waals surface area contributed by atoms with Crippen LogP contribution in [0.3, 0.4) is 0 Å². The summed E-state index contributed by atoms with van der Waals surface area (Å²) in [7, 11) is 0. The minimum absolute atomic E-state index is 0.705. The topological polar surface area (TPSA) is 12.9 Å². The Bertz CT molecular complexity index is 194. The van der Waals surface area contributed by atoms with Crippen LogP contribution in [-0.4, -0.2) is 4.37 Å². The molecule has 1 unspecified atom stereocenters. The number of aromatic nitrogens is 1. The van der Waals surface area contributed by atoms with Gasteiger partial charge in [0.15, 0.2) is 0 Å². The minimum Gasteiger partial charge on any atom is -0.197 e. The average Bonchev–Trinajstić information content (AvgIpc) is 2.59. The van der Waals surface area contributed by atoms with E-state index in [-0.39, 0.29) is 0 Å². The van der Waals surface area contributed by atoms with Crippen LogP contribution >= 0.6 is 11.5 Å². The normalized spacial score (nSPS) is 13.2. The molecule has 1 atom stereocenters. The Morgan fingerprint density at radius 3 is 2.83 bits per heavy atom. The number of hydrogen-bond acceptors (Lipinski definition) is 2. The fourth-order valence-electron chi connectivity index (χ4n) is 1.44. The summed E-state index contributed by atoms with van der Waals surface area (Å²) in [6, 6.07) is 2.16. The summed E-state index contributed by atoms with van der Waals surface area (Å²) >= 11 is 1.57. The summed E-state index contributed by atoms with van der Waals surface area (Å²) in [5.41, 5.74) is 1.30. The third-order valence-corrected chi connectivity index (χ3v) is 2.85. The van der Waals surface area contributed by atoms with Crippen molar-refractivity contribution in [3.8, 4) is 0 Å². The van der Waals surface area contributed by atoms with Crippen LogP contribution in [0.15, 0.2) is 11.4 Å². The van der Waals surface area contributed by atoms with E-state index in [0.29, 0.717) is 5.92 Å². The lowest BCUT2D eigenvalue weighted by Gasteiger charge is -2.10. The Hall–Kier alpha value is -0.370. The lowest BCUT2D eigenvalue weighted by molar-refractivity contribution is 0.561. The van der Waals surface area contributed by atoms with Crippen LogP contribution in [0.25, 0.3) is 0 Å². The summed E-state index contributed by atoms with van der Waals surface area (Å²) in [4.78, 5) is 0. The molecule has 0 aliphatic heterocycles. The monoisotopic (exact) mass is 183 g/mol. The maximum absolute atomic E-state index is 4.38. The first-order valence-corrected chi connectivity index (χ1v) is 5.62. The molecule has 1 aromatic heterocycles. The molecule has 0 aliphatic carbocycles. The van der Waals surface area contributed by atoms with Crippen molar-refractivity contribution in [1.82, 2.24) is 4.37 Å². The standard InChI is InChI=1S/C10H17NS/c1-3-5-6-9(4-2)10-7-8-12-11-10/h7-9H,3-6H2,1-2H3. The largest absolute Gasteiger partial charge is 0.197 e. The lowest BCUT2D eigenvalue weighted by Crippen LogP contribution is -1.96. The zero-order valence-corrected chi connectivity index (χ0v) is 8.73. The second-order valence-corrected chi connectivity index (χ2v) is 3.84. The minimum atomic E-state index is 0.705. The summed E-state index contributed by atoms with van der Waals surface area (Å²) in [5, 5.41) is 2.07. The third kappa shape index (κ3) is 2.59. The van der Waals surface area contributed by atoms with Crippen molar-refractivity contribution < 1.29 is 0 Å². The summed E-state index contributed by atoms with van der Waals surface area (Å²) in [5.74, 6) is 0.705. The van der Waals surface area contributed by atoms with Crippen LogP contribution in [-0.2, 0) is 0 Å². The van der Waals surface area contributed by atoms with Crippen molar-refractivity contribution in [2.24, 2.45) is 0 Å². The molecular formula is C10H17NS. The molecule has 0 saturated carbocycles. The van der Waals surface area contributed by atoms with Gasteiger partial charge in [-0.3, -0.25) is 0 Å². The van der Waals surface area contributed by atoms with E-state index in [4.69, 9.17) is 0 Å². The molecular weight excluding hydrogens is 166 g/mol. The van der Waals surface area contributed by atoms with Crippen molar-refractivity contribution in [3.05, 3.63) is 17.1 Å². The van der Waals surface area contributed by atoms with Gasteiger partial charge in [0.25, 0.3) is 0 Å². The molecule has 12 heavy (non-hydrogen) atoms. The molecule has 0 aromatic carbocycles. The lowest BCUT2D eigenvalue weighted by atomic mass is 9.96. The molecule has 68 valence electrons. The number of nitrogens with zero attached hydrogens (tertiary/aromatic N) is 1. The molecule has 1 rings (SSSR count). The van der Waals surface area contributed by atoms with E-state index >= 15 is 0 Å². The summed E-state index contributed by atoms with van der Waals surface area (Å²) < 4.78 is 4.38. The van der Waals surface area contributed by atoms with Gasteiger partial charge in [-0.1, -0.05) is 26.7 Å². The highest BCUT2D eigenvalue weighted by Crippen LogP contribution is 2.24. The summed E-state index contributed by atoms with van der Waals surface area (Å²) in [6.07, 6.45) is 5.15. The zero-order valence-electron chi connectivity index (χ0n) is 7.92. The Morgan fingerprint density at radius 1 is 1.50 bits per heavy atom. The molecule has 0 bridgehead atoms. The van der Waals surface area contributed by atoms with Gasteiger partial charge in [-0.25, -0.2) is 0 Å². The molecule has 0 saturated heterocycles. The summed E-state index contributed by atoms with van der Waals surface area (Å²) in [6.45, 7) is 4.49. The smallest absolute Gasteiger partial charge is 0.0572 e. The average molecular weight is 183 g/mol. The van der Waals surface area contributed by atoms with Gasteiger partial charge in [0.2, 0.25) is 0 Å². The quantitative estimate of drug-likeness (QED) is 0.676. The molecule has 0 amide bonds. The predicted molar refractivity (Wildman–Crippen MR) is 54.7 cm³/mol. The van der Waals surface area contributed by atoms with E-state index in [1.165, 1.54) is 31.4 Å². The van der Waals surface area contributed by atoms with Crippen molar-refractivity contribution in [2.45, 2.75) is 45.4 Å². The van der Waals surface area contributed by atoms with Crippen molar-refractivity contribution in [1.29, 1.82) is 0 Å².